The van der Waals surface area contributed by atoms with Gasteiger partial charge in [-0.25, -0.2) is 4.98 Å². The fourth-order valence-electron chi connectivity index (χ4n) is 3.98. The molecule has 2 fully saturated rings. The minimum Gasteiger partial charge on any atom is -0.369 e. The van der Waals surface area contributed by atoms with E-state index in [4.69, 9.17) is 17.3 Å². The number of nitrogen functional groups attached to an aromatic ring is 1. The molecule has 0 spiro atoms. The lowest BCUT2D eigenvalue weighted by Gasteiger charge is -2.33. The largest absolute Gasteiger partial charge is 0.369 e. The number of nitrogens with zero attached hydrogens (tertiary/aromatic N) is 3. The van der Waals surface area contributed by atoms with Gasteiger partial charge in [-0.3, -0.25) is 4.90 Å². The average molecular weight is 291 g/mol. The molecule has 4 nitrogen and oxygen atoms in total. The van der Waals surface area contributed by atoms with Crippen molar-refractivity contribution in [2.75, 3.05) is 18.8 Å². The summed E-state index contributed by atoms with van der Waals surface area (Å²) in [6.07, 6.45) is 5.04. The van der Waals surface area contributed by atoms with E-state index >= 15 is 0 Å². The SMILES string of the molecule is Nc1nc2cccc(Cl)c2n1C1CCN2CCCCC12. The number of aromatic nitrogens is 2. The van der Waals surface area contributed by atoms with Crippen LogP contribution >= 0.6 is 11.6 Å². The van der Waals surface area contributed by atoms with E-state index < -0.39 is 0 Å². The standard InChI is InChI=1S/C15H19ClN4/c16-10-4-3-5-11-14(10)20(15(17)18-11)13-7-9-19-8-2-1-6-12(13)19/h3-5,12-13H,1-2,6-9H2,(H2,17,18). The van der Waals surface area contributed by atoms with Crippen molar-refractivity contribution in [1.29, 1.82) is 0 Å². The van der Waals surface area contributed by atoms with Crippen LogP contribution in [0.5, 0.6) is 0 Å². The molecule has 1 aromatic carbocycles. The molecule has 0 aliphatic carbocycles. The van der Waals surface area contributed by atoms with E-state index in [-0.39, 0.29) is 0 Å². The molecule has 20 heavy (non-hydrogen) atoms. The van der Waals surface area contributed by atoms with Crippen LogP contribution in [0.15, 0.2) is 18.2 Å². The maximum absolute atomic E-state index is 6.40. The zero-order chi connectivity index (χ0) is 13.7. The van der Waals surface area contributed by atoms with Crippen LogP contribution in [0.4, 0.5) is 5.95 Å². The van der Waals surface area contributed by atoms with Gasteiger partial charge in [-0.2, -0.15) is 0 Å². The van der Waals surface area contributed by atoms with Crippen molar-refractivity contribution in [1.82, 2.24) is 14.5 Å². The van der Waals surface area contributed by atoms with Crippen LogP contribution in [-0.4, -0.2) is 33.6 Å². The first-order chi connectivity index (χ1) is 9.75. The molecule has 0 saturated carbocycles. The Morgan fingerprint density at radius 2 is 2.05 bits per heavy atom. The maximum atomic E-state index is 6.40. The van der Waals surface area contributed by atoms with Gasteiger partial charge in [-0.15, -0.1) is 0 Å². The Morgan fingerprint density at radius 1 is 1.15 bits per heavy atom. The van der Waals surface area contributed by atoms with E-state index in [9.17, 15) is 0 Å². The second-order valence-corrected chi connectivity index (χ2v) is 6.31. The lowest BCUT2D eigenvalue weighted by atomic mass is 9.99. The molecule has 106 valence electrons. The van der Waals surface area contributed by atoms with Gasteiger partial charge in [-0.05, 0) is 37.9 Å². The third-order valence-corrected chi connectivity index (χ3v) is 5.15. The van der Waals surface area contributed by atoms with Crippen LogP contribution < -0.4 is 5.73 Å². The summed E-state index contributed by atoms with van der Waals surface area (Å²) in [6.45, 7) is 2.39. The smallest absolute Gasteiger partial charge is 0.201 e. The summed E-state index contributed by atoms with van der Waals surface area (Å²) in [6, 6.07) is 6.86. The van der Waals surface area contributed by atoms with Crippen molar-refractivity contribution in [2.45, 2.75) is 37.8 Å². The highest BCUT2D eigenvalue weighted by Gasteiger charge is 2.38. The topological polar surface area (TPSA) is 47.1 Å². The number of imidazole rings is 1. The Labute approximate surface area is 123 Å². The van der Waals surface area contributed by atoms with Gasteiger partial charge in [0, 0.05) is 12.6 Å². The fourth-order valence-corrected chi connectivity index (χ4v) is 4.24. The summed E-state index contributed by atoms with van der Waals surface area (Å²) in [5.41, 5.74) is 8.11. The number of hydrogen-bond acceptors (Lipinski definition) is 3. The second-order valence-electron chi connectivity index (χ2n) is 5.90. The number of anilines is 1. The molecule has 2 N–H and O–H groups in total. The first-order valence-electron chi connectivity index (χ1n) is 7.41. The molecular formula is C15H19ClN4. The van der Waals surface area contributed by atoms with Gasteiger partial charge in [0.05, 0.1) is 22.1 Å². The highest BCUT2D eigenvalue weighted by atomic mass is 35.5. The van der Waals surface area contributed by atoms with Crippen LogP contribution in [-0.2, 0) is 0 Å². The van der Waals surface area contributed by atoms with Crippen LogP contribution in [0.25, 0.3) is 11.0 Å². The van der Waals surface area contributed by atoms with Gasteiger partial charge in [0.2, 0.25) is 5.95 Å². The molecular weight excluding hydrogens is 272 g/mol. The third kappa shape index (κ3) is 1.75. The van der Waals surface area contributed by atoms with Crippen molar-refractivity contribution in [3.63, 3.8) is 0 Å². The van der Waals surface area contributed by atoms with Gasteiger partial charge in [0.1, 0.15) is 0 Å². The average Bonchev–Trinajstić information content (AvgIpc) is 3.00. The van der Waals surface area contributed by atoms with Crippen LogP contribution in [0.1, 0.15) is 31.7 Å². The molecule has 2 unspecified atom stereocenters. The lowest BCUT2D eigenvalue weighted by molar-refractivity contribution is 0.175. The summed E-state index contributed by atoms with van der Waals surface area (Å²) < 4.78 is 2.19. The summed E-state index contributed by atoms with van der Waals surface area (Å²) in [7, 11) is 0. The van der Waals surface area contributed by atoms with E-state index in [0.29, 0.717) is 18.0 Å². The molecule has 3 heterocycles. The van der Waals surface area contributed by atoms with Gasteiger partial charge < -0.3 is 10.3 Å². The van der Waals surface area contributed by atoms with E-state index in [1.54, 1.807) is 0 Å². The Hall–Kier alpha value is -1.26. The zero-order valence-electron chi connectivity index (χ0n) is 11.4. The summed E-state index contributed by atoms with van der Waals surface area (Å²) in [5.74, 6) is 0.602. The van der Waals surface area contributed by atoms with Crippen molar-refractivity contribution in [3.8, 4) is 0 Å². The number of halogens is 1. The summed E-state index contributed by atoms with van der Waals surface area (Å²) in [4.78, 5) is 7.10. The minimum absolute atomic E-state index is 0.417. The fraction of sp³-hybridized carbons (Fsp3) is 0.533. The number of rotatable bonds is 1. The Morgan fingerprint density at radius 3 is 2.95 bits per heavy atom. The van der Waals surface area contributed by atoms with E-state index in [2.05, 4.69) is 14.5 Å². The Bertz CT molecular complexity index is 651. The maximum Gasteiger partial charge on any atom is 0.201 e. The van der Waals surface area contributed by atoms with Gasteiger partial charge in [0.15, 0.2) is 0 Å². The molecule has 4 rings (SSSR count). The summed E-state index contributed by atoms with van der Waals surface area (Å²) in [5, 5.41) is 0.751. The number of fused-ring (bicyclic) bond motifs is 2. The highest BCUT2D eigenvalue weighted by Crippen LogP contribution is 2.39. The second kappa shape index (κ2) is 4.64. The van der Waals surface area contributed by atoms with Crippen LogP contribution in [0.3, 0.4) is 0 Å². The van der Waals surface area contributed by atoms with Crippen molar-refractivity contribution in [3.05, 3.63) is 23.2 Å². The highest BCUT2D eigenvalue weighted by molar-refractivity contribution is 6.35. The van der Waals surface area contributed by atoms with Crippen molar-refractivity contribution in [2.24, 2.45) is 0 Å². The molecule has 2 aromatic rings. The minimum atomic E-state index is 0.417. The molecule has 1 aromatic heterocycles. The molecule has 2 saturated heterocycles. The predicted octanol–water partition coefficient (Wildman–Crippen LogP) is 3.07. The van der Waals surface area contributed by atoms with Crippen molar-refractivity contribution >= 4 is 28.6 Å². The molecule has 0 radical (unpaired) electrons. The Balaban J connectivity index is 1.84. The summed E-state index contributed by atoms with van der Waals surface area (Å²) >= 11 is 6.40. The number of piperidine rings is 1. The number of nitrogens with two attached hydrogens (primary N) is 1. The number of benzene rings is 1. The molecule has 2 aliphatic heterocycles. The van der Waals surface area contributed by atoms with Crippen LogP contribution in [0, 0.1) is 0 Å². The molecule has 5 heteroatoms. The molecule has 2 atom stereocenters. The van der Waals surface area contributed by atoms with Gasteiger partial charge in [0.25, 0.3) is 0 Å². The molecule has 0 bridgehead atoms. The van der Waals surface area contributed by atoms with E-state index in [1.807, 2.05) is 18.2 Å². The van der Waals surface area contributed by atoms with Crippen LogP contribution in [0.2, 0.25) is 5.02 Å². The molecule has 0 amide bonds. The van der Waals surface area contributed by atoms with Gasteiger partial charge in [-0.1, -0.05) is 24.1 Å². The van der Waals surface area contributed by atoms with Crippen molar-refractivity contribution < 1.29 is 0 Å². The first-order valence-corrected chi connectivity index (χ1v) is 7.79. The number of hydrogen-bond donors (Lipinski definition) is 1. The lowest BCUT2D eigenvalue weighted by Crippen LogP contribution is -2.37. The predicted molar refractivity (Wildman–Crippen MR) is 82.0 cm³/mol. The quantitative estimate of drug-likeness (QED) is 0.878. The third-order valence-electron chi connectivity index (χ3n) is 4.84. The first kappa shape index (κ1) is 12.5. The van der Waals surface area contributed by atoms with Gasteiger partial charge >= 0.3 is 0 Å². The number of para-hydroxylation sites is 1. The Kier molecular flexibility index (Phi) is 2.89. The normalized spacial score (nSPS) is 27.1. The zero-order valence-corrected chi connectivity index (χ0v) is 12.2. The van der Waals surface area contributed by atoms with E-state index in [0.717, 1.165) is 22.5 Å². The molecule has 2 aliphatic rings. The monoisotopic (exact) mass is 290 g/mol. The van der Waals surface area contributed by atoms with E-state index in [1.165, 1.54) is 32.4 Å².